The smallest absolute Gasteiger partial charge is 0.333 e. The first-order valence-corrected chi connectivity index (χ1v) is 4.12. The molecule has 0 fully saturated rings. The molecule has 0 amide bonds. The van der Waals surface area contributed by atoms with E-state index in [-0.39, 0.29) is 18.7 Å². The van der Waals surface area contributed by atoms with Crippen LogP contribution < -0.4 is 0 Å². The minimum Gasteiger partial charge on any atom is -0.462 e. The van der Waals surface area contributed by atoms with Gasteiger partial charge in [-0.25, -0.2) is 4.79 Å². The van der Waals surface area contributed by atoms with Crippen LogP contribution in [-0.2, 0) is 14.3 Å². The Morgan fingerprint density at radius 1 is 1.46 bits per heavy atom. The van der Waals surface area contributed by atoms with Gasteiger partial charge in [-0.1, -0.05) is 6.58 Å². The first kappa shape index (κ1) is 11.9. The van der Waals surface area contributed by atoms with E-state index in [4.69, 9.17) is 12.6 Å². The molecule has 3 nitrogen and oxygen atoms in total. The van der Waals surface area contributed by atoms with Gasteiger partial charge in [-0.2, -0.15) is 0 Å². The van der Waals surface area contributed by atoms with E-state index in [1.54, 1.807) is 6.92 Å². The predicted octanol–water partition coefficient (Wildman–Crippen LogP) is 1.04. The maximum atomic E-state index is 10.8. The molecule has 0 aliphatic rings. The molecule has 0 saturated heterocycles. The van der Waals surface area contributed by atoms with Gasteiger partial charge in [0.1, 0.15) is 5.78 Å². The molecule has 4 heteroatoms. The monoisotopic (exact) mass is 180 g/mol. The zero-order chi connectivity index (χ0) is 10.3. The van der Waals surface area contributed by atoms with E-state index in [9.17, 15) is 9.59 Å². The van der Waals surface area contributed by atoms with E-state index >= 15 is 0 Å². The number of carbonyl (C=O) groups is 2. The van der Waals surface area contributed by atoms with Gasteiger partial charge in [0, 0.05) is 12.0 Å². The molecule has 0 aromatic rings. The van der Waals surface area contributed by atoms with Crippen molar-refractivity contribution < 1.29 is 14.3 Å². The largest absolute Gasteiger partial charge is 0.462 e. The zero-order valence-electron chi connectivity index (χ0n) is 7.84. The van der Waals surface area contributed by atoms with Crippen LogP contribution in [0.1, 0.15) is 19.8 Å². The second kappa shape index (κ2) is 6.46. The molecule has 0 heterocycles. The summed E-state index contributed by atoms with van der Waals surface area (Å²) in [6.45, 7) is 5.25. The number of ketones is 1. The number of hydrogen-bond acceptors (Lipinski definition) is 3. The van der Waals surface area contributed by atoms with Crippen molar-refractivity contribution in [2.24, 2.45) is 0 Å². The summed E-state index contributed by atoms with van der Waals surface area (Å²) in [4.78, 5) is 21.5. The lowest BCUT2D eigenvalue weighted by Gasteiger charge is -2.02. The number of rotatable bonds is 6. The maximum Gasteiger partial charge on any atom is 0.333 e. The lowest BCUT2D eigenvalue weighted by molar-refractivity contribution is -0.139. The first-order chi connectivity index (χ1) is 6.07. The van der Waals surface area contributed by atoms with Gasteiger partial charge in [-0.05, 0) is 19.7 Å². The summed E-state index contributed by atoms with van der Waals surface area (Å²) in [5.74, 6) is -0.438. The van der Waals surface area contributed by atoms with Gasteiger partial charge < -0.3 is 9.53 Å². The third kappa shape index (κ3) is 6.14. The van der Waals surface area contributed by atoms with Crippen LogP contribution in [0.2, 0.25) is 6.32 Å². The third-order valence-electron chi connectivity index (χ3n) is 1.41. The normalized spacial score (nSPS) is 9.31. The summed E-state index contributed by atoms with van der Waals surface area (Å²) in [5, 5.41) is 0. The van der Waals surface area contributed by atoms with E-state index < -0.39 is 5.97 Å². The molecule has 0 aliphatic carbocycles. The van der Waals surface area contributed by atoms with Crippen molar-refractivity contribution in [2.45, 2.75) is 26.1 Å². The molecule has 0 rings (SSSR count). The van der Waals surface area contributed by atoms with Gasteiger partial charge in [0.05, 0.1) is 14.5 Å². The van der Waals surface area contributed by atoms with Crippen molar-refractivity contribution in [3.05, 3.63) is 12.2 Å². The average Bonchev–Trinajstić information content (AvgIpc) is 2.11. The fourth-order valence-electron chi connectivity index (χ4n) is 0.659. The Kier molecular flexibility index (Phi) is 5.94. The van der Waals surface area contributed by atoms with Crippen LogP contribution in [0, 0.1) is 0 Å². The second-order valence-electron chi connectivity index (χ2n) is 2.76. The number of ether oxygens (including phenoxy) is 1. The topological polar surface area (TPSA) is 43.4 Å². The lowest BCUT2D eigenvalue weighted by atomic mass is 9.98. The van der Waals surface area contributed by atoms with Crippen molar-refractivity contribution in [2.75, 3.05) is 6.61 Å². The Balaban J connectivity index is 3.41. The molecule has 2 radical (unpaired) electrons. The van der Waals surface area contributed by atoms with Gasteiger partial charge in [0.2, 0.25) is 0 Å². The minimum atomic E-state index is -0.416. The fraction of sp³-hybridized carbons (Fsp3) is 0.556. The molecule has 13 heavy (non-hydrogen) atoms. The molecule has 0 N–H and O–H groups in total. The molecule has 0 atom stereocenters. The van der Waals surface area contributed by atoms with Crippen LogP contribution in [0.3, 0.4) is 0 Å². The van der Waals surface area contributed by atoms with Crippen LogP contribution in [0.5, 0.6) is 0 Å². The second-order valence-corrected chi connectivity index (χ2v) is 2.76. The fourth-order valence-corrected chi connectivity index (χ4v) is 0.659. The molecular formula is C9H13BO3. The first-order valence-electron chi connectivity index (χ1n) is 4.12. The van der Waals surface area contributed by atoms with Crippen LogP contribution in [-0.4, -0.2) is 26.2 Å². The molecule has 0 aromatic carbocycles. The van der Waals surface area contributed by atoms with E-state index in [0.717, 1.165) is 0 Å². The van der Waals surface area contributed by atoms with E-state index in [1.165, 1.54) is 0 Å². The van der Waals surface area contributed by atoms with Crippen molar-refractivity contribution in [1.29, 1.82) is 0 Å². The molecular weight excluding hydrogens is 167 g/mol. The van der Waals surface area contributed by atoms with Crippen LogP contribution in [0.25, 0.3) is 0 Å². The van der Waals surface area contributed by atoms with Crippen molar-refractivity contribution in [3.63, 3.8) is 0 Å². The summed E-state index contributed by atoms with van der Waals surface area (Å²) in [6.07, 6.45) is 0.934. The van der Waals surface area contributed by atoms with Gasteiger partial charge in [-0.3, -0.25) is 0 Å². The average molecular weight is 180 g/mol. The Labute approximate surface area is 79.6 Å². The van der Waals surface area contributed by atoms with E-state index in [0.29, 0.717) is 18.4 Å². The van der Waals surface area contributed by atoms with E-state index in [1.807, 2.05) is 0 Å². The number of esters is 1. The Hall–Kier alpha value is -1.06. The SMILES string of the molecule is [B]CC(=O)CCCOC(=O)C(=C)C. The van der Waals surface area contributed by atoms with Crippen LogP contribution >= 0.6 is 0 Å². The zero-order valence-corrected chi connectivity index (χ0v) is 7.84. The van der Waals surface area contributed by atoms with Crippen LogP contribution in [0.4, 0.5) is 0 Å². The Morgan fingerprint density at radius 3 is 2.54 bits per heavy atom. The molecule has 0 spiro atoms. The summed E-state index contributed by atoms with van der Waals surface area (Å²) >= 11 is 0. The standard InChI is InChI=1S/C9H13BO3/c1-7(2)9(12)13-5-3-4-8(11)6-10/h1,3-6H2,2H3. The van der Waals surface area contributed by atoms with Gasteiger partial charge >= 0.3 is 5.97 Å². The predicted molar refractivity (Wildman–Crippen MR) is 50.6 cm³/mol. The molecule has 0 saturated carbocycles. The quantitative estimate of drug-likeness (QED) is 0.265. The van der Waals surface area contributed by atoms with Gasteiger partial charge in [-0.15, -0.1) is 0 Å². The molecule has 0 bridgehead atoms. The molecule has 0 unspecified atom stereocenters. The summed E-state index contributed by atoms with van der Waals surface area (Å²) in [6, 6.07) is 0. The number of carbonyl (C=O) groups excluding carboxylic acids is 2. The molecule has 0 aliphatic heterocycles. The number of hydrogen-bond donors (Lipinski definition) is 0. The third-order valence-corrected chi connectivity index (χ3v) is 1.41. The highest BCUT2D eigenvalue weighted by molar-refractivity contribution is 6.20. The van der Waals surface area contributed by atoms with E-state index in [2.05, 4.69) is 6.58 Å². The highest BCUT2D eigenvalue weighted by Crippen LogP contribution is 1.97. The highest BCUT2D eigenvalue weighted by Gasteiger charge is 2.03. The summed E-state index contributed by atoms with van der Waals surface area (Å²) in [5.41, 5.74) is 0.366. The van der Waals surface area contributed by atoms with Crippen molar-refractivity contribution in [3.8, 4) is 0 Å². The van der Waals surface area contributed by atoms with Crippen LogP contribution in [0.15, 0.2) is 12.2 Å². The van der Waals surface area contributed by atoms with Crippen molar-refractivity contribution >= 4 is 19.6 Å². The van der Waals surface area contributed by atoms with Gasteiger partial charge in [0.15, 0.2) is 0 Å². The minimum absolute atomic E-state index is 0.0219. The van der Waals surface area contributed by atoms with Crippen molar-refractivity contribution in [1.82, 2.24) is 0 Å². The lowest BCUT2D eigenvalue weighted by Crippen LogP contribution is -2.07. The Morgan fingerprint density at radius 2 is 2.08 bits per heavy atom. The highest BCUT2D eigenvalue weighted by atomic mass is 16.5. The number of Topliss-reactive ketones (excluding diaryl/α,β-unsaturated/α-hetero) is 1. The maximum absolute atomic E-state index is 10.8. The summed E-state index contributed by atoms with van der Waals surface area (Å²) < 4.78 is 4.77. The van der Waals surface area contributed by atoms with Gasteiger partial charge in [0.25, 0.3) is 0 Å². The molecule has 0 aromatic heterocycles. The Bertz CT molecular complexity index is 211. The summed E-state index contributed by atoms with van der Waals surface area (Å²) in [7, 11) is 5.09. The molecule has 70 valence electrons.